The summed E-state index contributed by atoms with van der Waals surface area (Å²) < 4.78 is 0. The molecule has 0 bridgehead atoms. The summed E-state index contributed by atoms with van der Waals surface area (Å²) in [6, 6.07) is 5.60. The molecule has 2 nitrogen and oxygen atoms in total. The summed E-state index contributed by atoms with van der Waals surface area (Å²) in [6.07, 6.45) is 9.13. The van der Waals surface area contributed by atoms with Gasteiger partial charge in [-0.3, -0.25) is 0 Å². The van der Waals surface area contributed by atoms with Crippen molar-refractivity contribution in [3.63, 3.8) is 0 Å². The zero-order valence-electron chi connectivity index (χ0n) is 11.5. The molecule has 0 spiro atoms. The van der Waals surface area contributed by atoms with Gasteiger partial charge < -0.3 is 10.2 Å². The summed E-state index contributed by atoms with van der Waals surface area (Å²) in [6.45, 7) is 2.37. The zero-order chi connectivity index (χ0) is 13.2. The van der Waals surface area contributed by atoms with Gasteiger partial charge >= 0.3 is 0 Å². The summed E-state index contributed by atoms with van der Waals surface area (Å²) in [5.74, 6) is 0.384. The molecule has 0 saturated carbocycles. The van der Waals surface area contributed by atoms with Crippen LogP contribution in [0.3, 0.4) is 0 Å². The first-order valence-electron chi connectivity index (χ1n) is 7.20. The molecule has 0 aromatic heterocycles. The molecule has 2 heteroatoms. The maximum atomic E-state index is 9.88. The van der Waals surface area contributed by atoms with E-state index in [1.807, 2.05) is 12.1 Å². The third-order valence-corrected chi connectivity index (χ3v) is 3.41. The van der Waals surface area contributed by atoms with Gasteiger partial charge in [0.2, 0.25) is 0 Å². The normalized spacial score (nSPS) is 10.8. The molecule has 0 unspecified atom stereocenters. The van der Waals surface area contributed by atoms with Gasteiger partial charge in [0.1, 0.15) is 5.75 Å². The molecule has 1 rings (SSSR count). The van der Waals surface area contributed by atoms with Crippen LogP contribution in [0.25, 0.3) is 0 Å². The third kappa shape index (κ3) is 5.09. The minimum Gasteiger partial charge on any atom is -0.508 e. The Hall–Kier alpha value is -1.02. The highest BCUT2D eigenvalue weighted by Gasteiger charge is 2.06. The first-order chi connectivity index (χ1) is 8.79. The van der Waals surface area contributed by atoms with E-state index in [4.69, 9.17) is 5.11 Å². The molecule has 0 fully saturated rings. The lowest BCUT2D eigenvalue weighted by Crippen LogP contribution is -1.98. The van der Waals surface area contributed by atoms with Crippen molar-refractivity contribution in [3.8, 4) is 5.75 Å². The number of aromatic hydroxyl groups is 1. The lowest BCUT2D eigenvalue weighted by atomic mass is 9.98. The van der Waals surface area contributed by atoms with Gasteiger partial charge in [-0.25, -0.2) is 0 Å². The SMILES string of the molecule is CCCCCCCCc1c(O)cccc1CCO. The van der Waals surface area contributed by atoms with E-state index in [2.05, 4.69) is 6.92 Å². The van der Waals surface area contributed by atoms with Gasteiger partial charge in [0.05, 0.1) is 0 Å². The highest BCUT2D eigenvalue weighted by atomic mass is 16.3. The maximum absolute atomic E-state index is 9.88. The minimum absolute atomic E-state index is 0.146. The molecule has 102 valence electrons. The molecule has 0 heterocycles. The topological polar surface area (TPSA) is 40.5 Å². The van der Waals surface area contributed by atoms with Gasteiger partial charge in [-0.2, -0.15) is 0 Å². The van der Waals surface area contributed by atoms with Crippen molar-refractivity contribution in [3.05, 3.63) is 29.3 Å². The molecule has 18 heavy (non-hydrogen) atoms. The molecule has 0 aliphatic rings. The maximum Gasteiger partial charge on any atom is 0.119 e. The average molecular weight is 250 g/mol. The lowest BCUT2D eigenvalue weighted by Gasteiger charge is -2.10. The summed E-state index contributed by atoms with van der Waals surface area (Å²) in [5, 5.41) is 18.9. The number of unbranched alkanes of at least 4 members (excludes halogenated alkanes) is 5. The number of benzene rings is 1. The Kier molecular flexibility index (Phi) is 7.51. The molecule has 0 amide bonds. The number of phenols is 1. The van der Waals surface area contributed by atoms with Crippen molar-refractivity contribution in [2.75, 3.05) is 6.61 Å². The number of phenolic OH excluding ortho intramolecular Hbond substituents is 1. The van der Waals surface area contributed by atoms with Crippen molar-refractivity contribution in [2.24, 2.45) is 0 Å². The fourth-order valence-corrected chi connectivity index (χ4v) is 2.35. The van der Waals surface area contributed by atoms with Crippen LogP contribution >= 0.6 is 0 Å². The van der Waals surface area contributed by atoms with Gasteiger partial charge in [-0.05, 0) is 36.5 Å². The molecule has 1 aromatic carbocycles. The van der Waals surface area contributed by atoms with E-state index in [1.54, 1.807) is 6.07 Å². The summed E-state index contributed by atoms with van der Waals surface area (Å²) in [4.78, 5) is 0. The molecule has 2 N–H and O–H groups in total. The summed E-state index contributed by atoms with van der Waals surface area (Å²) >= 11 is 0. The lowest BCUT2D eigenvalue weighted by molar-refractivity contribution is 0.299. The largest absolute Gasteiger partial charge is 0.508 e. The monoisotopic (exact) mass is 250 g/mol. The summed E-state index contributed by atoms with van der Waals surface area (Å²) in [5.41, 5.74) is 2.12. The van der Waals surface area contributed by atoms with Crippen LogP contribution in [0.15, 0.2) is 18.2 Å². The fraction of sp³-hybridized carbons (Fsp3) is 0.625. The average Bonchev–Trinajstić information content (AvgIpc) is 2.36. The van der Waals surface area contributed by atoms with Gasteiger partial charge in [0.25, 0.3) is 0 Å². The number of hydrogen-bond acceptors (Lipinski definition) is 2. The molecular formula is C16H26O2. The van der Waals surface area contributed by atoms with Crippen LogP contribution in [-0.2, 0) is 12.8 Å². The Morgan fingerprint density at radius 2 is 1.67 bits per heavy atom. The van der Waals surface area contributed by atoms with Gasteiger partial charge in [0, 0.05) is 6.61 Å². The Morgan fingerprint density at radius 3 is 2.39 bits per heavy atom. The predicted octanol–water partition coefficient (Wildman–Crippen LogP) is 3.83. The Morgan fingerprint density at radius 1 is 0.944 bits per heavy atom. The second-order valence-corrected chi connectivity index (χ2v) is 4.91. The van der Waals surface area contributed by atoms with E-state index in [9.17, 15) is 5.11 Å². The first kappa shape index (κ1) is 15.0. The van der Waals surface area contributed by atoms with E-state index in [0.717, 1.165) is 24.0 Å². The van der Waals surface area contributed by atoms with Crippen LogP contribution in [0.2, 0.25) is 0 Å². The van der Waals surface area contributed by atoms with Crippen molar-refractivity contribution in [1.82, 2.24) is 0 Å². The number of aliphatic hydroxyl groups is 1. The highest BCUT2D eigenvalue weighted by Crippen LogP contribution is 2.24. The van der Waals surface area contributed by atoms with Crippen LogP contribution in [0.4, 0.5) is 0 Å². The third-order valence-electron chi connectivity index (χ3n) is 3.41. The van der Waals surface area contributed by atoms with Crippen LogP contribution in [0.1, 0.15) is 56.6 Å². The minimum atomic E-state index is 0.146. The number of rotatable bonds is 9. The van der Waals surface area contributed by atoms with Crippen LogP contribution in [-0.4, -0.2) is 16.8 Å². The number of hydrogen-bond donors (Lipinski definition) is 2. The van der Waals surface area contributed by atoms with E-state index >= 15 is 0 Å². The van der Waals surface area contributed by atoms with E-state index in [1.165, 1.54) is 32.1 Å². The molecule has 0 radical (unpaired) electrons. The standard InChI is InChI=1S/C16H26O2/c1-2-3-4-5-6-7-10-15-14(12-13-17)9-8-11-16(15)18/h8-9,11,17-18H,2-7,10,12-13H2,1H3. The molecular weight excluding hydrogens is 224 g/mol. The van der Waals surface area contributed by atoms with Crippen molar-refractivity contribution in [2.45, 2.75) is 58.3 Å². The smallest absolute Gasteiger partial charge is 0.119 e. The Balaban J connectivity index is 2.40. The van der Waals surface area contributed by atoms with Crippen molar-refractivity contribution < 1.29 is 10.2 Å². The van der Waals surface area contributed by atoms with Gasteiger partial charge in [-0.1, -0.05) is 51.2 Å². The second-order valence-electron chi connectivity index (χ2n) is 4.91. The Labute approximate surface area is 111 Å². The highest BCUT2D eigenvalue weighted by molar-refractivity contribution is 5.39. The van der Waals surface area contributed by atoms with Crippen LogP contribution in [0, 0.1) is 0 Å². The Bertz CT molecular complexity index is 334. The fourth-order valence-electron chi connectivity index (χ4n) is 2.35. The van der Waals surface area contributed by atoms with E-state index < -0.39 is 0 Å². The quantitative estimate of drug-likeness (QED) is 0.654. The van der Waals surface area contributed by atoms with Crippen molar-refractivity contribution in [1.29, 1.82) is 0 Å². The van der Waals surface area contributed by atoms with Gasteiger partial charge in [-0.15, -0.1) is 0 Å². The van der Waals surface area contributed by atoms with Crippen LogP contribution < -0.4 is 0 Å². The van der Waals surface area contributed by atoms with E-state index in [0.29, 0.717) is 12.2 Å². The van der Waals surface area contributed by atoms with Crippen LogP contribution in [0.5, 0.6) is 5.75 Å². The second kappa shape index (κ2) is 8.98. The molecule has 0 aliphatic heterocycles. The molecule has 0 aliphatic carbocycles. The predicted molar refractivity (Wildman–Crippen MR) is 76.0 cm³/mol. The first-order valence-corrected chi connectivity index (χ1v) is 7.20. The summed E-state index contributed by atoms with van der Waals surface area (Å²) in [7, 11) is 0. The van der Waals surface area contributed by atoms with Gasteiger partial charge in [0.15, 0.2) is 0 Å². The molecule has 1 aromatic rings. The molecule has 0 atom stereocenters. The number of aliphatic hydroxyl groups excluding tert-OH is 1. The van der Waals surface area contributed by atoms with E-state index in [-0.39, 0.29) is 6.61 Å². The van der Waals surface area contributed by atoms with Crippen molar-refractivity contribution >= 4 is 0 Å². The molecule has 0 saturated heterocycles. The zero-order valence-corrected chi connectivity index (χ0v) is 11.5.